The highest BCUT2D eigenvalue weighted by molar-refractivity contribution is 7.89. The van der Waals surface area contributed by atoms with E-state index in [4.69, 9.17) is 16.3 Å². The lowest BCUT2D eigenvalue weighted by Crippen LogP contribution is -2.45. The van der Waals surface area contributed by atoms with Crippen LogP contribution >= 0.6 is 11.6 Å². The molecule has 0 aromatic heterocycles. The summed E-state index contributed by atoms with van der Waals surface area (Å²) in [5, 5.41) is 3.05. The second-order valence-electron chi connectivity index (χ2n) is 8.38. The normalized spacial score (nSPS) is 17.3. The van der Waals surface area contributed by atoms with Gasteiger partial charge in [-0.25, -0.2) is 21.1 Å². The molecule has 1 amide bonds. The molecule has 1 heterocycles. The number of benzene rings is 2. The Morgan fingerprint density at radius 1 is 1.11 bits per heavy atom. The molecule has 1 unspecified atom stereocenters. The summed E-state index contributed by atoms with van der Waals surface area (Å²) >= 11 is 6.17. The minimum atomic E-state index is -3.82. The number of hydrogen-bond donors (Lipinski definition) is 1. The Morgan fingerprint density at radius 2 is 1.77 bits per heavy atom. The Bertz CT molecular complexity index is 1260. The lowest BCUT2D eigenvalue weighted by atomic mass is 9.99. The van der Waals surface area contributed by atoms with E-state index >= 15 is 0 Å². The minimum Gasteiger partial charge on any atom is -0.492 e. The lowest BCUT2D eigenvalue weighted by molar-refractivity contribution is -0.126. The molecule has 9 nitrogen and oxygen atoms in total. The van der Waals surface area contributed by atoms with Crippen molar-refractivity contribution < 1.29 is 26.4 Å². The standard InChI is InChI=1S/C23H30ClN3O6S2/c1-4-33-22-12-11-20(14-21(22)24)35(31,32)27-13-5-6-18(16-27)23(28)25-15-17-7-9-19(10-8-17)34(29,30)26(2)3/h7-12,14,18H,4-6,13,15-16H2,1-3H3,(H,25,28). The number of rotatable bonds is 9. The van der Waals surface area contributed by atoms with Crippen LogP contribution in [0.25, 0.3) is 0 Å². The van der Waals surface area contributed by atoms with E-state index in [0.717, 1.165) is 9.87 Å². The molecule has 35 heavy (non-hydrogen) atoms. The van der Waals surface area contributed by atoms with Crippen molar-refractivity contribution in [2.45, 2.75) is 36.1 Å². The number of amides is 1. The van der Waals surface area contributed by atoms with Gasteiger partial charge >= 0.3 is 0 Å². The molecule has 2 aromatic carbocycles. The largest absolute Gasteiger partial charge is 0.492 e. The molecule has 0 spiro atoms. The summed E-state index contributed by atoms with van der Waals surface area (Å²) < 4.78 is 58.5. The van der Waals surface area contributed by atoms with E-state index in [-0.39, 0.29) is 33.8 Å². The molecular weight excluding hydrogens is 514 g/mol. The van der Waals surface area contributed by atoms with Gasteiger partial charge in [-0.15, -0.1) is 0 Å². The average molecular weight is 544 g/mol. The molecule has 1 aliphatic heterocycles. The van der Waals surface area contributed by atoms with Crippen LogP contribution in [0.3, 0.4) is 0 Å². The Balaban J connectivity index is 1.63. The molecule has 1 atom stereocenters. The molecule has 1 saturated heterocycles. The highest BCUT2D eigenvalue weighted by Gasteiger charge is 2.33. The molecule has 3 rings (SSSR count). The van der Waals surface area contributed by atoms with Gasteiger partial charge in [0, 0.05) is 33.7 Å². The molecule has 1 N–H and O–H groups in total. The third-order valence-corrected chi connectivity index (χ3v) is 9.75. The number of piperidine rings is 1. The second-order valence-corrected chi connectivity index (χ2v) is 12.9. The molecule has 0 radical (unpaired) electrons. The Morgan fingerprint density at radius 3 is 2.37 bits per heavy atom. The van der Waals surface area contributed by atoms with Gasteiger partial charge in [0.1, 0.15) is 5.75 Å². The molecule has 2 aromatic rings. The number of carbonyl (C=O) groups excluding carboxylic acids is 1. The van der Waals surface area contributed by atoms with Gasteiger partial charge in [0.25, 0.3) is 0 Å². The predicted octanol–water partition coefficient (Wildman–Crippen LogP) is 2.71. The van der Waals surface area contributed by atoms with Gasteiger partial charge in [0.2, 0.25) is 26.0 Å². The first-order valence-electron chi connectivity index (χ1n) is 11.2. The Kier molecular flexibility index (Phi) is 8.81. The van der Waals surface area contributed by atoms with Crippen molar-refractivity contribution in [3.05, 3.63) is 53.1 Å². The molecular formula is C23H30ClN3O6S2. The van der Waals surface area contributed by atoms with E-state index < -0.39 is 26.0 Å². The Labute approximate surface area is 212 Å². The first-order chi connectivity index (χ1) is 16.5. The molecule has 1 aliphatic rings. The fourth-order valence-corrected chi connectivity index (χ4v) is 6.51. The summed E-state index contributed by atoms with van der Waals surface area (Å²) in [5.74, 6) is -0.332. The maximum atomic E-state index is 13.2. The van der Waals surface area contributed by atoms with Gasteiger partial charge in [-0.1, -0.05) is 23.7 Å². The van der Waals surface area contributed by atoms with Crippen molar-refractivity contribution in [2.75, 3.05) is 33.8 Å². The highest BCUT2D eigenvalue weighted by atomic mass is 35.5. The topological polar surface area (TPSA) is 113 Å². The average Bonchev–Trinajstić information content (AvgIpc) is 2.84. The van der Waals surface area contributed by atoms with E-state index in [0.29, 0.717) is 31.7 Å². The first kappa shape index (κ1) is 27.4. The molecule has 1 fully saturated rings. The monoisotopic (exact) mass is 543 g/mol. The first-order valence-corrected chi connectivity index (χ1v) is 14.4. The number of hydrogen-bond acceptors (Lipinski definition) is 6. The zero-order valence-corrected chi connectivity index (χ0v) is 22.3. The third kappa shape index (κ3) is 6.34. The van der Waals surface area contributed by atoms with Gasteiger partial charge in [0.05, 0.1) is 27.3 Å². The number of sulfonamides is 2. The third-order valence-electron chi connectivity index (χ3n) is 5.76. The van der Waals surface area contributed by atoms with Crippen LogP contribution in [0.15, 0.2) is 52.3 Å². The van der Waals surface area contributed by atoms with Crippen molar-refractivity contribution in [3.63, 3.8) is 0 Å². The van der Waals surface area contributed by atoms with Crippen LogP contribution in [-0.4, -0.2) is 65.1 Å². The Hall–Kier alpha value is -2.18. The molecule has 0 bridgehead atoms. The fourth-order valence-electron chi connectivity index (χ4n) is 3.76. The van der Waals surface area contributed by atoms with Gasteiger partial charge in [-0.2, -0.15) is 4.31 Å². The van der Waals surface area contributed by atoms with E-state index in [1.165, 1.54) is 48.7 Å². The second kappa shape index (κ2) is 11.3. The van der Waals surface area contributed by atoms with Crippen molar-refractivity contribution in [1.29, 1.82) is 0 Å². The summed E-state index contributed by atoms with van der Waals surface area (Å²) in [6, 6.07) is 10.6. The van der Waals surface area contributed by atoms with Crippen LogP contribution in [0.1, 0.15) is 25.3 Å². The number of nitrogens with zero attached hydrogens (tertiary/aromatic N) is 2. The van der Waals surface area contributed by atoms with E-state index in [2.05, 4.69) is 5.32 Å². The molecule has 12 heteroatoms. The maximum Gasteiger partial charge on any atom is 0.243 e. The fraction of sp³-hybridized carbons (Fsp3) is 0.435. The zero-order chi connectivity index (χ0) is 25.8. The SMILES string of the molecule is CCOc1ccc(S(=O)(=O)N2CCCC(C(=O)NCc3ccc(S(=O)(=O)N(C)C)cc3)C2)cc1Cl. The molecule has 0 aliphatic carbocycles. The van der Waals surface area contributed by atoms with Crippen LogP contribution < -0.4 is 10.1 Å². The van der Waals surface area contributed by atoms with Crippen LogP contribution in [0.4, 0.5) is 0 Å². The summed E-state index contributed by atoms with van der Waals surface area (Å²) in [4.78, 5) is 13.0. The van der Waals surface area contributed by atoms with Gasteiger partial charge < -0.3 is 10.1 Å². The number of carbonyl (C=O) groups is 1. The highest BCUT2D eigenvalue weighted by Crippen LogP contribution is 2.30. The van der Waals surface area contributed by atoms with E-state index in [1.54, 1.807) is 12.1 Å². The summed E-state index contributed by atoms with van der Waals surface area (Å²) in [7, 11) is -4.43. The van der Waals surface area contributed by atoms with Crippen LogP contribution in [0, 0.1) is 5.92 Å². The quantitative estimate of drug-likeness (QED) is 0.520. The number of nitrogens with one attached hydrogen (secondary N) is 1. The molecule has 192 valence electrons. The van der Waals surface area contributed by atoms with E-state index in [1.807, 2.05) is 6.92 Å². The van der Waals surface area contributed by atoms with Crippen LogP contribution in [0.5, 0.6) is 5.75 Å². The predicted molar refractivity (Wildman–Crippen MR) is 133 cm³/mol. The van der Waals surface area contributed by atoms with Crippen molar-refractivity contribution >= 4 is 37.6 Å². The van der Waals surface area contributed by atoms with Gasteiger partial charge in [-0.05, 0) is 55.7 Å². The number of ether oxygens (including phenoxy) is 1. The van der Waals surface area contributed by atoms with Gasteiger partial charge in [-0.3, -0.25) is 4.79 Å². The lowest BCUT2D eigenvalue weighted by Gasteiger charge is -2.31. The van der Waals surface area contributed by atoms with Crippen molar-refractivity contribution in [2.24, 2.45) is 5.92 Å². The maximum absolute atomic E-state index is 13.2. The zero-order valence-electron chi connectivity index (χ0n) is 19.9. The number of halogens is 1. The summed E-state index contributed by atoms with van der Waals surface area (Å²) in [6.45, 7) is 2.81. The van der Waals surface area contributed by atoms with Crippen molar-refractivity contribution in [1.82, 2.24) is 13.9 Å². The summed E-state index contributed by atoms with van der Waals surface area (Å²) in [6.07, 6.45) is 1.13. The van der Waals surface area contributed by atoms with E-state index in [9.17, 15) is 21.6 Å². The minimum absolute atomic E-state index is 0.0553. The smallest absolute Gasteiger partial charge is 0.243 e. The van der Waals surface area contributed by atoms with Gasteiger partial charge in [0.15, 0.2) is 0 Å². The summed E-state index contributed by atoms with van der Waals surface area (Å²) in [5.41, 5.74) is 0.736. The molecule has 0 saturated carbocycles. The van der Waals surface area contributed by atoms with Crippen LogP contribution in [-0.2, 0) is 31.4 Å². The van der Waals surface area contributed by atoms with Crippen LogP contribution in [0.2, 0.25) is 5.02 Å². The van der Waals surface area contributed by atoms with Crippen molar-refractivity contribution in [3.8, 4) is 5.75 Å².